The third-order valence-corrected chi connectivity index (χ3v) is 4.68. The molecule has 0 radical (unpaired) electrons. The van der Waals surface area contributed by atoms with Crippen molar-refractivity contribution in [3.63, 3.8) is 0 Å². The average molecular weight is 248 g/mol. The van der Waals surface area contributed by atoms with Crippen LogP contribution < -0.4 is 10.6 Å². The highest BCUT2D eigenvalue weighted by molar-refractivity contribution is 7.98. The van der Waals surface area contributed by atoms with E-state index in [0.717, 1.165) is 12.1 Å². The normalized spacial score (nSPS) is 31.5. The molecule has 0 aliphatic carbocycles. The first-order valence-electron chi connectivity index (χ1n) is 6.50. The Bertz CT molecular complexity index is 364. The molecule has 2 aliphatic heterocycles. The highest BCUT2D eigenvalue weighted by Gasteiger charge is 2.33. The van der Waals surface area contributed by atoms with E-state index in [2.05, 4.69) is 41.2 Å². The highest BCUT2D eigenvalue weighted by atomic mass is 32.2. The fourth-order valence-electron chi connectivity index (χ4n) is 3.10. The number of hydrogen-bond donors (Lipinski definition) is 2. The van der Waals surface area contributed by atoms with Crippen LogP contribution in [0.4, 0.5) is 5.69 Å². The van der Waals surface area contributed by atoms with Gasteiger partial charge in [-0.05, 0) is 56.2 Å². The van der Waals surface area contributed by atoms with Crippen molar-refractivity contribution in [1.82, 2.24) is 5.32 Å². The molecule has 2 unspecified atom stereocenters. The first kappa shape index (κ1) is 11.4. The van der Waals surface area contributed by atoms with Crippen LogP contribution in [0.15, 0.2) is 29.2 Å². The second kappa shape index (κ2) is 4.91. The van der Waals surface area contributed by atoms with Crippen molar-refractivity contribution in [2.45, 2.75) is 48.7 Å². The van der Waals surface area contributed by atoms with Crippen LogP contribution in [0.3, 0.4) is 0 Å². The lowest BCUT2D eigenvalue weighted by atomic mass is 9.99. The van der Waals surface area contributed by atoms with E-state index in [1.807, 2.05) is 0 Å². The second-order valence-corrected chi connectivity index (χ2v) is 6.06. The summed E-state index contributed by atoms with van der Waals surface area (Å²) in [7, 11) is 0. The van der Waals surface area contributed by atoms with Crippen molar-refractivity contribution in [1.29, 1.82) is 0 Å². The lowest BCUT2D eigenvalue weighted by molar-refractivity contribution is 0.378. The molecule has 2 aliphatic rings. The molecule has 2 N–H and O–H groups in total. The number of nitrogens with one attached hydrogen (secondary N) is 2. The number of fused-ring (bicyclic) bond motifs is 2. The molecule has 2 saturated heterocycles. The van der Waals surface area contributed by atoms with E-state index in [0.29, 0.717) is 6.04 Å². The van der Waals surface area contributed by atoms with Gasteiger partial charge in [-0.25, -0.2) is 0 Å². The lowest BCUT2D eigenvalue weighted by Gasteiger charge is -2.30. The summed E-state index contributed by atoms with van der Waals surface area (Å²) in [5.41, 5.74) is 1.27. The summed E-state index contributed by atoms with van der Waals surface area (Å²) in [5, 5.41) is 7.36. The van der Waals surface area contributed by atoms with Crippen molar-refractivity contribution >= 4 is 17.4 Å². The smallest absolute Gasteiger partial charge is 0.0343 e. The fourth-order valence-corrected chi connectivity index (χ4v) is 3.51. The van der Waals surface area contributed by atoms with Gasteiger partial charge in [0, 0.05) is 28.7 Å². The molecule has 0 spiro atoms. The molecule has 2 bridgehead atoms. The number of hydrogen-bond acceptors (Lipinski definition) is 3. The maximum Gasteiger partial charge on any atom is 0.0343 e. The highest BCUT2D eigenvalue weighted by Crippen LogP contribution is 2.29. The van der Waals surface area contributed by atoms with Gasteiger partial charge in [0.05, 0.1) is 0 Å². The average Bonchev–Trinajstić information content (AvgIpc) is 2.70. The summed E-state index contributed by atoms with van der Waals surface area (Å²) in [6, 6.07) is 11.0. The topological polar surface area (TPSA) is 24.1 Å². The maximum atomic E-state index is 3.68. The maximum absolute atomic E-state index is 3.68. The van der Waals surface area contributed by atoms with Crippen molar-refractivity contribution in [3.8, 4) is 0 Å². The zero-order valence-electron chi connectivity index (χ0n) is 10.3. The Morgan fingerprint density at radius 2 is 1.76 bits per heavy atom. The Balaban J connectivity index is 1.62. The number of rotatable bonds is 3. The molecule has 3 rings (SSSR count). The predicted octanol–water partition coefficient (Wildman–Crippen LogP) is 3.10. The zero-order valence-corrected chi connectivity index (χ0v) is 11.1. The largest absolute Gasteiger partial charge is 0.382 e. The van der Waals surface area contributed by atoms with E-state index in [9.17, 15) is 0 Å². The lowest BCUT2D eigenvalue weighted by Crippen LogP contribution is -2.43. The monoisotopic (exact) mass is 248 g/mol. The molecule has 2 nitrogen and oxygen atoms in total. The Morgan fingerprint density at radius 3 is 2.35 bits per heavy atom. The molecule has 1 aromatic carbocycles. The Hall–Kier alpha value is -0.670. The van der Waals surface area contributed by atoms with Crippen LogP contribution in [0.1, 0.15) is 25.7 Å². The van der Waals surface area contributed by atoms with Crippen LogP contribution >= 0.6 is 11.8 Å². The minimum Gasteiger partial charge on any atom is -0.382 e. The molecule has 0 aromatic heterocycles. The number of piperidine rings is 1. The predicted molar refractivity (Wildman–Crippen MR) is 74.8 cm³/mol. The molecular formula is C14H20N2S. The standard InChI is InChI=1S/C14H20N2S/c1-17-14-6-4-10(5-7-14)15-13-8-11-2-3-12(9-13)16-11/h4-7,11-13,15-16H,2-3,8-9H2,1H3. The van der Waals surface area contributed by atoms with Gasteiger partial charge in [-0.15, -0.1) is 11.8 Å². The van der Waals surface area contributed by atoms with E-state index in [1.54, 1.807) is 11.8 Å². The van der Waals surface area contributed by atoms with Crippen LogP contribution in [-0.2, 0) is 0 Å². The van der Waals surface area contributed by atoms with Gasteiger partial charge in [-0.3, -0.25) is 0 Å². The molecule has 3 heteroatoms. The van der Waals surface area contributed by atoms with Crippen LogP contribution in [0.2, 0.25) is 0 Å². The van der Waals surface area contributed by atoms with Gasteiger partial charge < -0.3 is 10.6 Å². The number of thioether (sulfide) groups is 1. The SMILES string of the molecule is CSc1ccc(NC2CC3CCC(C2)N3)cc1. The first-order valence-corrected chi connectivity index (χ1v) is 7.72. The van der Waals surface area contributed by atoms with Crippen molar-refractivity contribution in [3.05, 3.63) is 24.3 Å². The molecule has 0 saturated carbocycles. The molecular weight excluding hydrogens is 228 g/mol. The van der Waals surface area contributed by atoms with Gasteiger partial charge in [0.15, 0.2) is 0 Å². The summed E-state index contributed by atoms with van der Waals surface area (Å²) in [5.74, 6) is 0. The van der Waals surface area contributed by atoms with E-state index in [1.165, 1.54) is 36.3 Å². The Morgan fingerprint density at radius 1 is 1.12 bits per heavy atom. The third-order valence-electron chi connectivity index (χ3n) is 3.93. The zero-order chi connectivity index (χ0) is 11.7. The van der Waals surface area contributed by atoms with E-state index in [4.69, 9.17) is 0 Å². The van der Waals surface area contributed by atoms with Gasteiger partial charge in [0.1, 0.15) is 0 Å². The van der Waals surface area contributed by atoms with Crippen LogP contribution in [0, 0.1) is 0 Å². The first-order chi connectivity index (χ1) is 8.33. The van der Waals surface area contributed by atoms with E-state index in [-0.39, 0.29) is 0 Å². The minimum atomic E-state index is 0.661. The van der Waals surface area contributed by atoms with E-state index < -0.39 is 0 Å². The second-order valence-electron chi connectivity index (χ2n) is 5.18. The van der Waals surface area contributed by atoms with Gasteiger partial charge in [-0.1, -0.05) is 0 Å². The van der Waals surface area contributed by atoms with Crippen LogP contribution in [0.5, 0.6) is 0 Å². The Kier molecular flexibility index (Phi) is 3.30. The van der Waals surface area contributed by atoms with Gasteiger partial charge in [0.2, 0.25) is 0 Å². The molecule has 2 heterocycles. The molecule has 2 atom stereocenters. The van der Waals surface area contributed by atoms with E-state index >= 15 is 0 Å². The summed E-state index contributed by atoms with van der Waals surface area (Å²) >= 11 is 1.80. The van der Waals surface area contributed by atoms with Gasteiger partial charge in [0.25, 0.3) is 0 Å². The number of benzene rings is 1. The molecule has 17 heavy (non-hydrogen) atoms. The summed E-state index contributed by atoms with van der Waals surface area (Å²) < 4.78 is 0. The minimum absolute atomic E-state index is 0.661. The summed E-state index contributed by atoms with van der Waals surface area (Å²) in [4.78, 5) is 1.33. The van der Waals surface area contributed by atoms with Gasteiger partial charge in [-0.2, -0.15) is 0 Å². The molecule has 1 aromatic rings. The van der Waals surface area contributed by atoms with Crippen molar-refractivity contribution in [2.24, 2.45) is 0 Å². The third kappa shape index (κ3) is 2.61. The molecule has 0 amide bonds. The van der Waals surface area contributed by atoms with Crippen LogP contribution in [-0.4, -0.2) is 24.4 Å². The number of anilines is 1. The molecule has 92 valence electrons. The molecule has 2 fully saturated rings. The summed E-state index contributed by atoms with van der Waals surface area (Å²) in [6.07, 6.45) is 7.41. The van der Waals surface area contributed by atoms with Crippen molar-refractivity contribution < 1.29 is 0 Å². The van der Waals surface area contributed by atoms with Gasteiger partial charge >= 0.3 is 0 Å². The Labute approximate surface area is 108 Å². The van der Waals surface area contributed by atoms with Crippen LogP contribution in [0.25, 0.3) is 0 Å². The summed E-state index contributed by atoms with van der Waals surface area (Å²) in [6.45, 7) is 0. The quantitative estimate of drug-likeness (QED) is 0.804. The van der Waals surface area contributed by atoms with Crippen molar-refractivity contribution in [2.75, 3.05) is 11.6 Å². The fraction of sp³-hybridized carbons (Fsp3) is 0.571.